The summed E-state index contributed by atoms with van der Waals surface area (Å²) < 4.78 is 2.26. The van der Waals surface area contributed by atoms with Gasteiger partial charge in [0.15, 0.2) is 0 Å². The Morgan fingerprint density at radius 3 is 2.67 bits per heavy atom. The van der Waals surface area contributed by atoms with Crippen molar-refractivity contribution in [3.05, 3.63) is 101 Å². The van der Waals surface area contributed by atoms with E-state index in [1.165, 1.54) is 22.0 Å². The van der Waals surface area contributed by atoms with Gasteiger partial charge in [-0.15, -0.1) is 0 Å². The van der Waals surface area contributed by atoms with Crippen LogP contribution in [0.3, 0.4) is 0 Å². The fourth-order valence-electron chi connectivity index (χ4n) is 4.23. The van der Waals surface area contributed by atoms with Gasteiger partial charge in [-0.1, -0.05) is 36.4 Å². The van der Waals surface area contributed by atoms with E-state index in [-0.39, 0.29) is 0 Å². The van der Waals surface area contributed by atoms with Crippen LogP contribution < -0.4 is 0 Å². The smallest absolute Gasteiger partial charge is 0.337 e. The minimum absolute atomic E-state index is 0.334. The first-order valence-corrected chi connectivity index (χ1v) is 10.4. The number of nitrogens with zero attached hydrogens (tertiary/aromatic N) is 2. The van der Waals surface area contributed by atoms with Gasteiger partial charge in [0, 0.05) is 36.3 Å². The summed E-state index contributed by atoms with van der Waals surface area (Å²) in [7, 11) is 0. The first kappa shape index (κ1) is 18.6. The second kappa shape index (κ2) is 7.45. The average molecular weight is 396 g/mol. The molecule has 150 valence electrons. The van der Waals surface area contributed by atoms with E-state index >= 15 is 0 Å². The van der Waals surface area contributed by atoms with Crippen molar-refractivity contribution >= 4 is 16.9 Å². The maximum atomic E-state index is 11.8. The summed E-state index contributed by atoms with van der Waals surface area (Å²) in [6.07, 6.45) is 6.79. The van der Waals surface area contributed by atoms with E-state index in [4.69, 9.17) is 0 Å². The number of hydrogen-bond donors (Lipinski definition) is 1. The number of aromatic carboxylic acids is 1. The molecule has 0 unspecified atom stereocenters. The van der Waals surface area contributed by atoms with Crippen molar-refractivity contribution in [1.29, 1.82) is 0 Å². The van der Waals surface area contributed by atoms with Gasteiger partial charge >= 0.3 is 5.97 Å². The van der Waals surface area contributed by atoms with Crippen LogP contribution >= 0.6 is 0 Å². The van der Waals surface area contributed by atoms with Gasteiger partial charge in [-0.3, -0.25) is 4.98 Å². The number of hydrogen-bond acceptors (Lipinski definition) is 2. The van der Waals surface area contributed by atoms with Crippen LogP contribution in [0.1, 0.15) is 57.1 Å². The molecule has 1 aliphatic rings. The molecule has 0 amide bonds. The van der Waals surface area contributed by atoms with Gasteiger partial charge in [0.25, 0.3) is 0 Å². The maximum absolute atomic E-state index is 11.8. The fraction of sp³-hybridized carbons (Fsp3) is 0.231. The molecule has 0 saturated heterocycles. The van der Waals surface area contributed by atoms with E-state index in [1.54, 1.807) is 0 Å². The minimum atomic E-state index is -0.896. The molecule has 1 aliphatic carbocycles. The molecule has 1 N–H and O–H groups in total. The van der Waals surface area contributed by atoms with E-state index in [0.29, 0.717) is 23.6 Å². The third kappa shape index (κ3) is 3.50. The highest BCUT2D eigenvalue weighted by atomic mass is 16.4. The first-order valence-electron chi connectivity index (χ1n) is 10.4. The summed E-state index contributed by atoms with van der Waals surface area (Å²) in [6.45, 7) is 2.94. The monoisotopic (exact) mass is 396 g/mol. The maximum Gasteiger partial charge on any atom is 0.337 e. The highest BCUT2D eigenvalue weighted by Gasteiger charge is 2.26. The van der Waals surface area contributed by atoms with Gasteiger partial charge in [0.2, 0.25) is 0 Å². The molecular weight excluding hydrogens is 372 g/mol. The summed E-state index contributed by atoms with van der Waals surface area (Å²) in [6, 6.07) is 18.7. The summed E-state index contributed by atoms with van der Waals surface area (Å²) in [5, 5.41) is 10.9. The average Bonchev–Trinajstić information content (AvgIpc) is 3.52. The standard InChI is InChI=1S/C26H24N2O2/c1-17-20(14-24-23(26(29)30)13-21(15-27-24)19-7-8-19)9-10-25-22(17)11-12-28(25)16-18-5-3-2-4-6-18/h2-6,9-13,15,19H,7-8,14,16H2,1H3,(H,29,30). The van der Waals surface area contributed by atoms with Crippen molar-refractivity contribution in [2.75, 3.05) is 0 Å². The zero-order chi connectivity index (χ0) is 20.7. The number of aryl methyl sites for hydroxylation is 1. The molecule has 4 aromatic rings. The predicted molar refractivity (Wildman–Crippen MR) is 118 cm³/mol. The molecule has 2 aromatic carbocycles. The van der Waals surface area contributed by atoms with Crippen LogP contribution in [0.4, 0.5) is 0 Å². The van der Waals surface area contributed by atoms with Crippen LogP contribution in [0, 0.1) is 6.92 Å². The molecule has 5 rings (SSSR count). The largest absolute Gasteiger partial charge is 0.478 e. The van der Waals surface area contributed by atoms with Crippen molar-refractivity contribution in [3.8, 4) is 0 Å². The van der Waals surface area contributed by atoms with Crippen molar-refractivity contribution in [2.24, 2.45) is 0 Å². The number of rotatable bonds is 6. The zero-order valence-corrected chi connectivity index (χ0v) is 17.0. The molecule has 1 saturated carbocycles. The Balaban J connectivity index is 1.47. The summed E-state index contributed by atoms with van der Waals surface area (Å²) in [5.74, 6) is -0.403. The molecule has 0 spiro atoms. The third-order valence-corrected chi connectivity index (χ3v) is 6.16. The predicted octanol–water partition coefficient (Wildman–Crippen LogP) is 5.56. The minimum Gasteiger partial charge on any atom is -0.478 e. The molecule has 0 bridgehead atoms. The third-order valence-electron chi connectivity index (χ3n) is 6.16. The molecule has 4 heteroatoms. The van der Waals surface area contributed by atoms with Gasteiger partial charge in [0.05, 0.1) is 11.3 Å². The molecule has 0 radical (unpaired) electrons. The number of fused-ring (bicyclic) bond motifs is 1. The van der Waals surface area contributed by atoms with Gasteiger partial charge in [-0.2, -0.15) is 0 Å². The number of carboxylic acid groups (broad SMARTS) is 1. The number of carboxylic acids is 1. The molecule has 30 heavy (non-hydrogen) atoms. The molecule has 0 aliphatic heterocycles. The van der Waals surface area contributed by atoms with Crippen molar-refractivity contribution in [2.45, 2.75) is 38.6 Å². The number of aromatic nitrogens is 2. The number of benzene rings is 2. The molecule has 1 fully saturated rings. The lowest BCUT2D eigenvalue weighted by atomic mass is 9.97. The van der Waals surface area contributed by atoms with Crippen LogP contribution in [-0.4, -0.2) is 20.6 Å². The van der Waals surface area contributed by atoms with Gasteiger partial charge in [-0.05, 0) is 66.1 Å². The Labute approximate surface area is 175 Å². The van der Waals surface area contributed by atoms with Crippen LogP contribution in [-0.2, 0) is 13.0 Å². The SMILES string of the molecule is Cc1c(Cc2ncc(C3CC3)cc2C(=O)O)ccc2c1ccn2Cc1ccccc1. The number of carbonyl (C=O) groups is 1. The van der Waals surface area contributed by atoms with Crippen molar-refractivity contribution in [1.82, 2.24) is 9.55 Å². The Kier molecular flexibility index (Phi) is 4.62. The van der Waals surface area contributed by atoms with E-state index < -0.39 is 5.97 Å². The summed E-state index contributed by atoms with van der Waals surface area (Å²) in [4.78, 5) is 16.4. The van der Waals surface area contributed by atoms with Crippen molar-refractivity contribution in [3.63, 3.8) is 0 Å². The lowest BCUT2D eigenvalue weighted by molar-refractivity contribution is 0.0695. The highest BCUT2D eigenvalue weighted by Crippen LogP contribution is 2.40. The highest BCUT2D eigenvalue weighted by molar-refractivity contribution is 5.89. The number of pyridine rings is 1. The van der Waals surface area contributed by atoms with E-state index in [0.717, 1.165) is 30.5 Å². The second-order valence-corrected chi connectivity index (χ2v) is 8.23. The molecule has 2 aromatic heterocycles. The normalized spacial score (nSPS) is 13.6. The Hall–Kier alpha value is -3.40. The van der Waals surface area contributed by atoms with E-state index in [1.807, 2.05) is 18.3 Å². The lowest BCUT2D eigenvalue weighted by Crippen LogP contribution is -2.07. The van der Waals surface area contributed by atoms with Gasteiger partial charge < -0.3 is 9.67 Å². The zero-order valence-electron chi connectivity index (χ0n) is 17.0. The lowest BCUT2D eigenvalue weighted by Gasteiger charge is -2.12. The summed E-state index contributed by atoms with van der Waals surface area (Å²) in [5.41, 5.74) is 6.79. The molecule has 2 heterocycles. The van der Waals surface area contributed by atoms with Crippen LogP contribution in [0.15, 0.2) is 67.0 Å². The second-order valence-electron chi connectivity index (χ2n) is 8.23. The Morgan fingerprint density at radius 1 is 1.13 bits per heavy atom. The van der Waals surface area contributed by atoms with Gasteiger partial charge in [0.1, 0.15) is 0 Å². The molecule has 4 nitrogen and oxygen atoms in total. The fourth-order valence-corrected chi connectivity index (χ4v) is 4.23. The van der Waals surface area contributed by atoms with Crippen LogP contribution in [0.25, 0.3) is 10.9 Å². The molecule has 0 atom stereocenters. The van der Waals surface area contributed by atoms with Crippen LogP contribution in [0.5, 0.6) is 0 Å². The van der Waals surface area contributed by atoms with E-state index in [2.05, 4.69) is 65.1 Å². The van der Waals surface area contributed by atoms with E-state index in [9.17, 15) is 9.90 Å². The van der Waals surface area contributed by atoms with Crippen LogP contribution in [0.2, 0.25) is 0 Å². The Morgan fingerprint density at radius 2 is 1.93 bits per heavy atom. The van der Waals surface area contributed by atoms with Gasteiger partial charge in [-0.25, -0.2) is 4.79 Å². The quantitative estimate of drug-likeness (QED) is 0.464. The first-order chi connectivity index (χ1) is 14.6. The topological polar surface area (TPSA) is 55.1 Å². The molecular formula is C26H24N2O2. The summed E-state index contributed by atoms with van der Waals surface area (Å²) >= 11 is 0. The van der Waals surface area contributed by atoms with Crippen molar-refractivity contribution < 1.29 is 9.90 Å². The Bertz CT molecular complexity index is 1240.